The van der Waals surface area contributed by atoms with Crippen molar-refractivity contribution < 1.29 is 29.0 Å². The molecular formula is C26H30N4O6. The van der Waals surface area contributed by atoms with Gasteiger partial charge in [-0.05, 0) is 67.4 Å². The Morgan fingerprint density at radius 2 is 1.61 bits per heavy atom. The molecule has 36 heavy (non-hydrogen) atoms. The maximum absolute atomic E-state index is 13.3. The molecule has 1 fully saturated rings. The molecule has 1 unspecified atom stereocenters. The van der Waals surface area contributed by atoms with Crippen LogP contribution in [0.2, 0.25) is 0 Å². The van der Waals surface area contributed by atoms with Gasteiger partial charge in [0, 0.05) is 25.7 Å². The normalized spacial score (nSPS) is 17.4. The first kappa shape index (κ1) is 25.1. The molecule has 0 saturated carbocycles. The van der Waals surface area contributed by atoms with Crippen LogP contribution >= 0.6 is 0 Å². The van der Waals surface area contributed by atoms with Gasteiger partial charge in [-0.1, -0.05) is 0 Å². The Labute approximate surface area is 209 Å². The first-order valence-corrected chi connectivity index (χ1v) is 11.5. The number of hydrogen-bond donors (Lipinski definition) is 1. The first-order chi connectivity index (χ1) is 17.3. The van der Waals surface area contributed by atoms with Crippen LogP contribution < -0.4 is 9.47 Å². The minimum atomic E-state index is -1.20. The minimum absolute atomic E-state index is 0.0328. The van der Waals surface area contributed by atoms with E-state index in [1.54, 1.807) is 18.9 Å². The highest BCUT2D eigenvalue weighted by atomic mass is 16.5. The SMILES string of the molecule is COC(=O)C1(c2cc(-c3ccc(OC)cc3)n(-c3ccc(OC)cc3)n2)CCCN(C(=O)N(C)O)C1. The number of hydrogen-bond acceptors (Lipinski definition) is 7. The predicted molar refractivity (Wildman–Crippen MR) is 132 cm³/mol. The standard InChI is InChI=1S/C26H30N4O6/c1-28(33)25(32)29-15-5-14-26(17-29,24(31)36-4)23-16-22(18-6-10-20(34-2)11-7-18)30(27-23)19-8-12-21(35-3)13-9-19/h6-13,16,33H,5,14-15,17H2,1-4H3. The number of likely N-dealkylation sites (tertiary alicyclic amines) is 1. The van der Waals surface area contributed by atoms with Crippen LogP contribution in [0.3, 0.4) is 0 Å². The highest BCUT2D eigenvalue weighted by Gasteiger charge is 2.48. The molecule has 4 rings (SSSR count). The molecule has 10 nitrogen and oxygen atoms in total. The number of carbonyl (C=O) groups is 2. The number of piperidine rings is 1. The highest BCUT2D eigenvalue weighted by molar-refractivity contribution is 5.85. The molecule has 0 radical (unpaired) electrons. The van der Waals surface area contributed by atoms with Crippen LogP contribution in [0, 0.1) is 0 Å². The second-order valence-corrected chi connectivity index (χ2v) is 8.66. The average Bonchev–Trinajstić information content (AvgIpc) is 3.38. The van der Waals surface area contributed by atoms with Crippen LogP contribution in [-0.4, -0.2) is 78.4 Å². The second-order valence-electron chi connectivity index (χ2n) is 8.66. The van der Waals surface area contributed by atoms with Crippen LogP contribution in [0.5, 0.6) is 11.5 Å². The summed E-state index contributed by atoms with van der Waals surface area (Å²) < 4.78 is 17.6. The summed E-state index contributed by atoms with van der Waals surface area (Å²) in [7, 11) is 5.80. The van der Waals surface area contributed by atoms with Crippen molar-refractivity contribution in [2.75, 3.05) is 41.5 Å². The summed E-state index contributed by atoms with van der Waals surface area (Å²) in [6.45, 7) is 0.443. The van der Waals surface area contributed by atoms with E-state index < -0.39 is 17.4 Å². The lowest BCUT2D eigenvalue weighted by Gasteiger charge is -2.40. The van der Waals surface area contributed by atoms with Crippen molar-refractivity contribution in [2.45, 2.75) is 18.3 Å². The second kappa shape index (κ2) is 10.3. The number of benzene rings is 2. The lowest BCUT2D eigenvalue weighted by atomic mass is 9.77. The number of esters is 1. The van der Waals surface area contributed by atoms with Crippen molar-refractivity contribution in [1.29, 1.82) is 0 Å². The maximum atomic E-state index is 13.3. The summed E-state index contributed by atoms with van der Waals surface area (Å²) in [6.07, 6.45) is 0.988. The number of carbonyl (C=O) groups excluding carboxylic acids is 2. The first-order valence-electron chi connectivity index (χ1n) is 11.5. The fourth-order valence-corrected chi connectivity index (χ4v) is 4.60. The molecule has 3 aromatic rings. The third kappa shape index (κ3) is 4.59. The molecule has 1 aromatic heterocycles. The predicted octanol–water partition coefficient (Wildman–Crippen LogP) is 3.50. The molecule has 1 aliphatic heterocycles. The van der Waals surface area contributed by atoms with Gasteiger partial charge in [0.15, 0.2) is 0 Å². The van der Waals surface area contributed by atoms with Crippen molar-refractivity contribution in [1.82, 2.24) is 19.7 Å². The van der Waals surface area contributed by atoms with Crippen molar-refractivity contribution in [3.05, 3.63) is 60.3 Å². The Bertz CT molecular complexity index is 1160. The molecule has 0 bridgehead atoms. The summed E-state index contributed by atoms with van der Waals surface area (Å²) in [5, 5.41) is 15.1. The molecule has 1 N–H and O–H groups in total. The van der Waals surface area contributed by atoms with Crippen LogP contribution in [0.1, 0.15) is 18.5 Å². The average molecular weight is 495 g/mol. The molecule has 2 amide bonds. The monoisotopic (exact) mass is 494 g/mol. The summed E-state index contributed by atoms with van der Waals surface area (Å²) in [6, 6.07) is 16.3. The smallest absolute Gasteiger partial charge is 0.343 e. The number of amides is 2. The zero-order valence-corrected chi connectivity index (χ0v) is 20.8. The van der Waals surface area contributed by atoms with Gasteiger partial charge < -0.3 is 19.1 Å². The van der Waals surface area contributed by atoms with E-state index in [1.165, 1.54) is 19.1 Å². The van der Waals surface area contributed by atoms with Crippen LogP contribution in [-0.2, 0) is 14.9 Å². The third-order valence-electron chi connectivity index (χ3n) is 6.52. The van der Waals surface area contributed by atoms with Gasteiger partial charge in [0.1, 0.15) is 16.9 Å². The van der Waals surface area contributed by atoms with Crippen LogP contribution in [0.15, 0.2) is 54.6 Å². The van der Waals surface area contributed by atoms with Crippen molar-refractivity contribution in [3.63, 3.8) is 0 Å². The molecule has 1 saturated heterocycles. The summed E-state index contributed by atoms with van der Waals surface area (Å²) in [5.41, 5.74) is 1.67. The number of aromatic nitrogens is 2. The van der Waals surface area contributed by atoms with E-state index in [1.807, 2.05) is 54.6 Å². The molecule has 0 spiro atoms. The van der Waals surface area contributed by atoms with Crippen LogP contribution in [0.4, 0.5) is 4.79 Å². The Kier molecular flexibility index (Phi) is 7.16. The highest BCUT2D eigenvalue weighted by Crippen LogP contribution is 2.38. The Balaban J connectivity index is 1.87. The summed E-state index contributed by atoms with van der Waals surface area (Å²) >= 11 is 0. The summed E-state index contributed by atoms with van der Waals surface area (Å²) in [4.78, 5) is 27.3. The quantitative estimate of drug-likeness (QED) is 0.318. The molecule has 2 aromatic carbocycles. The van der Waals surface area contributed by atoms with Crippen molar-refractivity contribution in [3.8, 4) is 28.4 Å². The molecule has 10 heteroatoms. The Morgan fingerprint density at radius 3 is 2.17 bits per heavy atom. The van der Waals surface area contributed by atoms with E-state index in [2.05, 4.69) is 0 Å². The number of methoxy groups -OCH3 is 3. The van der Waals surface area contributed by atoms with Gasteiger partial charge in [-0.2, -0.15) is 5.10 Å². The third-order valence-corrected chi connectivity index (χ3v) is 6.52. The van der Waals surface area contributed by atoms with Gasteiger partial charge in [-0.3, -0.25) is 10.0 Å². The Morgan fingerprint density at radius 1 is 1.00 bits per heavy atom. The topological polar surface area (TPSA) is 106 Å². The largest absolute Gasteiger partial charge is 0.497 e. The van der Waals surface area contributed by atoms with E-state index in [9.17, 15) is 14.8 Å². The van der Waals surface area contributed by atoms with Crippen molar-refractivity contribution in [2.24, 2.45) is 0 Å². The van der Waals surface area contributed by atoms with Gasteiger partial charge in [0.25, 0.3) is 0 Å². The number of rotatable bonds is 6. The van der Waals surface area contributed by atoms with Gasteiger partial charge in [0.2, 0.25) is 0 Å². The minimum Gasteiger partial charge on any atom is -0.497 e. The van der Waals surface area contributed by atoms with Crippen molar-refractivity contribution >= 4 is 12.0 Å². The lowest BCUT2D eigenvalue weighted by Crippen LogP contribution is -2.55. The zero-order valence-electron chi connectivity index (χ0n) is 20.8. The van der Waals surface area contributed by atoms with Gasteiger partial charge >= 0.3 is 12.0 Å². The van der Waals surface area contributed by atoms with E-state index in [0.29, 0.717) is 35.9 Å². The summed E-state index contributed by atoms with van der Waals surface area (Å²) in [5.74, 6) is 0.939. The van der Waals surface area contributed by atoms with Gasteiger partial charge in [-0.15, -0.1) is 0 Å². The maximum Gasteiger partial charge on any atom is 0.343 e. The van der Waals surface area contributed by atoms with Gasteiger partial charge in [-0.25, -0.2) is 14.5 Å². The Hall–Kier alpha value is -4.05. The zero-order chi connectivity index (χ0) is 25.9. The molecule has 190 valence electrons. The van der Waals surface area contributed by atoms with E-state index in [4.69, 9.17) is 19.3 Å². The number of ether oxygens (including phenoxy) is 3. The number of hydroxylamine groups is 2. The fraction of sp³-hybridized carbons (Fsp3) is 0.346. The van der Waals surface area contributed by atoms with Gasteiger partial charge in [0.05, 0.1) is 38.4 Å². The van der Waals surface area contributed by atoms with Crippen LogP contribution in [0.25, 0.3) is 16.9 Å². The molecule has 1 aliphatic rings. The van der Waals surface area contributed by atoms with E-state index in [-0.39, 0.29) is 6.54 Å². The fourth-order valence-electron chi connectivity index (χ4n) is 4.60. The lowest BCUT2D eigenvalue weighted by molar-refractivity contribution is -0.150. The molecule has 2 heterocycles. The molecule has 0 aliphatic carbocycles. The van der Waals surface area contributed by atoms with E-state index >= 15 is 0 Å². The number of urea groups is 1. The molecule has 1 atom stereocenters. The molecular weight excluding hydrogens is 464 g/mol. The van der Waals surface area contributed by atoms with E-state index in [0.717, 1.165) is 22.7 Å². The number of nitrogens with zero attached hydrogens (tertiary/aromatic N) is 4.